The molecule has 0 bridgehead atoms. The van der Waals surface area contributed by atoms with Gasteiger partial charge < -0.3 is 0 Å². The molecule has 1 aromatic rings. The van der Waals surface area contributed by atoms with Crippen LogP contribution in [0.3, 0.4) is 0 Å². The Morgan fingerprint density at radius 2 is 2.14 bits per heavy atom. The molecule has 0 aliphatic rings. The predicted octanol–water partition coefficient (Wildman–Crippen LogP) is 2.28. The average molecular weight is 214 g/mol. The zero-order chi connectivity index (χ0) is 10.7. The number of rotatable bonds is 2. The Morgan fingerprint density at radius 3 is 2.71 bits per heavy atom. The molecule has 0 saturated carbocycles. The maximum absolute atomic E-state index is 11.7. The highest BCUT2D eigenvalue weighted by Crippen LogP contribution is 2.16. The number of carbonyl (C=O) groups is 1. The number of halogens is 1. The second-order valence-electron chi connectivity index (χ2n) is 2.94. The van der Waals surface area contributed by atoms with Gasteiger partial charge in [0.1, 0.15) is 0 Å². The second-order valence-corrected chi connectivity index (χ2v) is 3.38. The lowest BCUT2D eigenvalue weighted by atomic mass is 10.1. The highest BCUT2D eigenvalue weighted by atomic mass is 35.5. The summed E-state index contributed by atoms with van der Waals surface area (Å²) < 4.78 is 0. The van der Waals surface area contributed by atoms with Crippen molar-refractivity contribution in [2.75, 3.05) is 14.2 Å². The van der Waals surface area contributed by atoms with Crippen molar-refractivity contribution >= 4 is 17.5 Å². The first kappa shape index (κ1) is 11.0. The Hall–Kier alpha value is -1.06. The van der Waals surface area contributed by atoms with Gasteiger partial charge in [0.2, 0.25) is 0 Å². The van der Waals surface area contributed by atoms with Crippen LogP contribution in [0.15, 0.2) is 18.2 Å². The Balaban J connectivity index is 3.06. The monoisotopic (exact) mass is 213 g/mol. The van der Waals surface area contributed by atoms with Gasteiger partial charge in [-0.1, -0.05) is 17.7 Å². The largest absolute Gasteiger partial charge is 0.277 e. The molecule has 1 amide bonds. The molecule has 1 rings (SSSR count). The predicted molar refractivity (Wildman–Crippen MR) is 55.3 cm³/mol. The average Bonchev–Trinajstić information content (AvgIpc) is 2.19. The number of hydrogen-bond donors (Lipinski definition) is 0. The van der Waals surface area contributed by atoms with Crippen molar-refractivity contribution in [2.45, 2.75) is 6.92 Å². The van der Waals surface area contributed by atoms with Crippen molar-refractivity contribution in [2.24, 2.45) is 0 Å². The smallest absolute Gasteiger partial charge is 0.274 e. The van der Waals surface area contributed by atoms with Gasteiger partial charge in [-0.2, -0.15) is 0 Å². The molecule has 0 saturated heterocycles. The van der Waals surface area contributed by atoms with Crippen LogP contribution in [0.25, 0.3) is 0 Å². The van der Waals surface area contributed by atoms with Crippen LogP contribution in [0.4, 0.5) is 0 Å². The van der Waals surface area contributed by atoms with Crippen LogP contribution in [-0.4, -0.2) is 25.1 Å². The van der Waals surface area contributed by atoms with E-state index in [1.165, 1.54) is 12.2 Å². The van der Waals surface area contributed by atoms with Crippen LogP contribution in [0.1, 0.15) is 15.9 Å². The molecule has 4 heteroatoms. The molecule has 0 fully saturated rings. The molecule has 3 nitrogen and oxygen atoms in total. The number of carbonyl (C=O) groups excluding carboxylic acids is 1. The van der Waals surface area contributed by atoms with Gasteiger partial charge in [-0.05, 0) is 24.6 Å². The second kappa shape index (κ2) is 4.44. The quantitative estimate of drug-likeness (QED) is 0.706. The van der Waals surface area contributed by atoms with Gasteiger partial charge in [0.05, 0.1) is 7.11 Å². The molecule has 0 atom stereocenters. The van der Waals surface area contributed by atoms with Crippen LogP contribution in [0, 0.1) is 6.92 Å². The third kappa shape index (κ3) is 2.25. The summed E-state index contributed by atoms with van der Waals surface area (Å²) >= 11 is 5.80. The van der Waals surface area contributed by atoms with Crippen LogP contribution in [-0.2, 0) is 4.84 Å². The van der Waals surface area contributed by atoms with E-state index in [4.69, 9.17) is 16.4 Å². The zero-order valence-electron chi connectivity index (χ0n) is 8.37. The highest BCUT2D eigenvalue weighted by molar-refractivity contribution is 6.31. The molecule has 0 aliphatic heterocycles. The van der Waals surface area contributed by atoms with Crippen LogP contribution in [0.5, 0.6) is 0 Å². The number of aryl methyl sites for hydroxylation is 1. The van der Waals surface area contributed by atoms with E-state index in [9.17, 15) is 4.79 Å². The molecule has 0 unspecified atom stereocenters. The number of hydrogen-bond acceptors (Lipinski definition) is 2. The lowest BCUT2D eigenvalue weighted by molar-refractivity contribution is -0.0757. The molecule has 14 heavy (non-hydrogen) atoms. The van der Waals surface area contributed by atoms with E-state index in [0.717, 1.165) is 5.56 Å². The standard InChI is InChI=1S/C10H12ClNO2/c1-7-4-5-8(11)6-9(7)10(13)12(2)14-3/h4-6H,1-3H3. The fourth-order valence-electron chi connectivity index (χ4n) is 1.08. The molecular formula is C10H12ClNO2. The Kier molecular flexibility index (Phi) is 3.49. The molecule has 0 heterocycles. The molecule has 0 aromatic heterocycles. The third-order valence-corrected chi connectivity index (χ3v) is 2.22. The van der Waals surface area contributed by atoms with Gasteiger partial charge in [0, 0.05) is 17.6 Å². The van der Waals surface area contributed by atoms with Gasteiger partial charge in [-0.25, -0.2) is 5.06 Å². The molecule has 0 spiro atoms. The van der Waals surface area contributed by atoms with Crippen molar-refractivity contribution in [3.8, 4) is 0 Å². The SMILES string of the molecule is CON(C)C(=O)c1cc(Cl)ccc1C. The lowest BCUT2D eigenvalue weighted by Gasteiger charge is -2.15. The topological polar surface area (TPSA) is 29.5 Å². The normalized spacial score (nSPS) is 10.0. The van der Waals surface area contributed by atoms with Gasteiger partial charge in [0.15, 0.2) is 0 Å². The summed E-state index contributed by atoms with van der Waals surface area (Å²) in [6.07, 6.45) is 0. The summed E-state index contributed by atoms with van der Waals surface area (Å²) in [6.45, 7) is 1.85. The van der Waals surface area contributed by atoms with Gasteiger partial charge in [-0.15, -0.1) is 0 Å². The summed E-state index contributed by atoms with van der Waals surface area (Å²) in [7, 11) is 3.00. The zero-order valence-corrected chi connectivity index (χ0v) is 9.13. The molecular weight excluding hydrogens is 202 g/mol. The van der Waals surface area contributed by atoms with E-state index in [0.29, 0.717) is 10.6 Å². The Morgan fingerprint density at radius 1 is 1.50 bits per heavy atom. The van der Waals surface area contributed by atoms with Crippen LogP contribution < -0.4 is 0 Å². The fourth-order valence-corrected chi connectivity index (χ4v) is 1.25. The Bertz CT molecular complexity index is 352. The molecule has 0 radical (unpaired) electrons. The minimum Gasteiger partial charge on any atom is -0.274 e. The first-order chi connectivity index (χ1) is 6.56. The molecule has 76 valence electrons. The summed E-state index contributed by atoms with van der Waals surface area (Å²) in [5, 5.41) is 1.71. The number of hydroxylamine groups is 2. The molecule has 0 N–H and O–H groups in total. The van der Waals surface area contributed by atoms with Gasteiger partial charge in [0.25, 0.3) is 5.91 Å². The molecule has 1 aromatic carbocycles. The van der Waals surface area contributed by atoms with E-state index in [1.54, 1.807) is 25.2 Å². The summed E-state index contributed by atoms with van der Waals surface area (Å²) in [5.74, 6) is -0.201. The summed E-state index contributed by atoms with van der Waals surface area (Å²) in [5.41, 5.74) is 1.44. The maximum Gasteiger partial charge on any atom is 0.277 e. The van der Waals surface area contributed by atoms with Crippen molar-refractivity contribution in [3.63, 3.8) is 0 Å². The Labute approximate surface area is 88.2 Å². The van der Waals surface area contributed by atoms with Crippen molar-refractivity contribution in [1.82, 2.24) is 5.06 Å². The minimum absolute atomic E-state index is 0.201. The van der Waals surface area contributed by atoms with Crippen molar-refractivity contribution in [3.05, 3.63) is 34.3 Å². The fraction of sp³-hybridized carbons (Fsp3) is 0.300. The van der Waals surface area contributed by atoms with E-state index in [1.807, 2.05) is 6.92 Å². The summed E-state index contributed by atoms with van der Waals surface area (Å²) in [6, 6.07) is 5.19. The number of nitrogens with zero attached hydrogens (tertiary/aromatic N) is 1. The van der Waals surface area contributed by atoms with Gasteiger partial charge in [-0.3, -0.25) is 9.63 Å². The van der Waals surface area contributed by atoms with Crippen LogP contribution in [0.2, 0.25) is 5.02 Å². The van der Waals surface area contributed by atoms with E-state index < -0.39 is 0 Å². The first-order valence-corrected chi connectivity index (χ1v) is 4.52. The molecule has 0 aliphatic carbocycles. The van der Waals surface area contributed by atoms with E-state index >= 15 is 0 Å². The van der Waals surface area contributed by atoms with Crippen molar-refractivity contribution < 1.29 is 9.63 Å². The van der Waals surface area contributed by atoms with Crippen LogP contribution >= 0.6 is 11.6 Å². The number of amides is 1. The van der Waals surface area contributed by atoms with Gasteiger partial charge >= 0.3 is 0 Å². The maximum atomic E-state index is 11.7. The van der Waals surface area contributed by atoms with Crippen molar-refractivity contribution in [1.29, 1.82) is 0 Å². The minimum atomic E-state index is -0.201. The van der Waals surface area contributed by atoms with E-state index in [2.05, 4.69) is 0 Å². The number of benzene rings is 1. The lowest BCUT2D eigenvalue weighted by Crippen LogP contribution is -2.26. The first-order valence-electron chi connectivity index (χ1n) is 4.14. The highest BCUT2D eigenvalue weighted by Gasteiger charge is 2.13. The summed E-state index contributed by atoms with van der Waals surface area (Å²) in [4.78, 5) is 16.5. The third-order valence-electron chi connectivity index (χ3n) is 1.99. The van der Waals surface area contributed by atoms with E-state index in [-0.39, 0.29) is 5.91 Å².